The Morgan fingerprint density at radius 2 is 1.89 bits per heavy atom. The molecule has 0 aromatic heterocycles. The molecule has 2 atom stereocenters. The van der Waals surface area contributed by atoms with Gasteiger partial charge in [0.05, 0.1) is 6.10 Å². The number of rotatable bonds is 4. The molecule has 56 valence electrons. The number of aliphatic hydroxyl groups is 1. The number of hydrogen-bond acceptors (Lipinski definition) is 2. The van der Waals surface area contributed by atoms with Crippen molar-refractivity contribution in [3.05, 3.63) is 0 Å². The standard InChI is InChI=1S/C7H17NO/c1-4-6(8-3)7(9)5-2/h6-9H,4-5H2,1-3H3/t6-,7?/m0/s1. The molecule has 0 amide bonds. The summed E-state index contributed by atoms with van der Waals surface area (Å²) in [4.78, 5) is 0. The molecule has 0 aromatic carbocycles. The Morgan fingerprint density at radius 3 is 2.00 bits per heavy atom. The number of hydrogen-bond donors (Lipinski definition) is 2. The predicted molar refractivity (Wildman–Crippen MR) is 39.4 cm³/mol. The van der Waals surface area contributed by atoms with E-state index >= 15 is 0 Å². The third kappa shape index (κ3) is 2.82. The van der Waals surface area contributed by atoms with Gasteiger partial charge in [-0.2, -0.15) is 0 Å². The van der Waals surface area contributed by atoms with E-state index in [1.165, 1.54) is 0 Å². The van der Waals surface area contributed by atoms with Crippen LogP contribution in [-0.4, -0.2) is 24.3 Å². The fraction of sp³-hybridized carbons (Fsp3) is 1.00. The van der Waals surface area contributed by atoms with E-state index in [1.54, 1.807) is 0 Å². The van der Waals surface area contributed by atoms with Gasteiger partial charge in [-0.3, -0.25) is 0 Å². The van der Waals surface area contributed by atoms with E-state index in [1.807, 2.05) is 14.0 Å². The van der Waals surface area contributed by atoms with Crippen LogP contribution in [0.2, 0.25) is 0 Å². The molecule has 9 heavy (non-hydrogen) atoms. The van der Waals surface area contributed by atoms with E-state index < -0.39 is 0 Å². The summed E-state index contributed by atoms with van der Waals surface area (Å²) < 4.78 is 0. The van der Waals surface area contributed by atoms with Crippen LogP contribution in [0.3, 0.4) is 0 Å². The first-order chi connectivity index (χ1) is 4.26. The number of likely N-dealkylation sites (N-methyl/N-ethyl adjacent to an activating group) is 1. The molecule has 0 saturated carbocycles. The molecule has 0 spiro atoms. The smallest absolute Gasteiger partial charge is 0.0690 e. The van der Waals surface area contributed by atoms with Gasteiger partial charge in [0, 0.05) is 6.04 Å². The zero-order chi connectivity index (χ0) is 7.28. The molecule has 0 aliphatic heterocycles. The zero-order valence-corrected chi connectivity index (χ0v) is 6.52. The molecule has 2 N–H and O–H groups in total. The molecule has 0 bridgehead atoms. The van der Waals surface area contributed by atoms with Crippen molar-refractivity contribution < 1.29 is 5.11 Å². The largest absolute Gasteiger partial charge is 0.392 e. The van der Waals surface area contributed by atoms with Crippen LogP contribution in [0.1, 0.15) is 26.7 Å². The highest BCUT2D eigenvalue weighted by atomic mass is 16.3. The topological polar surface area (TPSA) is 32.3 Å². The van der Waals surface area contributed by atoms with Crippen LogP contribution in [0.25, 0.3) is 0 Å². The number of aliphatic hydroxyl groups excluding tert-OH is 1. The van der Waals surface area contributed by atoms with Crippen LogP contribution >= 0.6 is 0 Å². The van der Waals surface area contributed by atoms with Gasteiger partial charge >= 0.3 is 0 Å². The molecule has 1 unspecified atom stereocenters. The average molecular weight is 131 g/mol. The molecule has 0 fully saturated rings. The Kier molecular flexibility index (Phi) is 4.72. The summed E-state index contributed by atoms with van der Waals surface area (Å²) in [5.74, 6) is 0. The van der Waals surface area contributed by atoms with Crippen LogP contribution in [0.4, 0.5) is 0 Å². The average Bonchev–Trinajstić information content (AvgIpc) is 1.90. The molecule has 0 aliphatic rings. The zero-order valence-electron chi connectivity index (χ0n) is 6.52. The minimum atomic E-state index is -0.181. The first kappa shape index (κ1) is 8.92. The van der Waals surface area contributed by atoms with E-state index in [9.17, 15) is 5.11 Å². The fourth-order valence-electron chi connectivity index (χ4n) is 0.953. The van der Waals surface area contributed by atoms with Crippen LogP contribution in [0.15, 0.2) is 0 Å². The van der Waals surface area contributed by atoms with Crippen LogP contribution in [0, 0.1) is 0 Å². The highest BCUT2D eigenvalue weighted by Gasteiger charge is 2.11. The summed E-state index contributed by atoms with van der Waals surface area (Å²) in [7, 11) is 1.88. The normalized spacial score (nSPS) is 17.3. The Hall–Kier alpha value is -0.0800. The van der Waals surface area contributed by atoms with Gasteiger partial charge in [-0.05, 0) is 19.9 Å². The Bertz CT molecular complexity index is 61.9. The fourth-order valence-corrected chi connectivity index (χ4v) is 0.953. The molecule has 0 rings (SSSR count). The molecule has 2 heteroatoms. The second-order valence-electron chi connectivity index (χ2n) is 2.28. The quantitative estimate of drug-likeness (QED) is 0.590. The van der Waals surface area contributed by atoms with E-state index in [-0.39, 0.29) is 12.1 Å². The maximum Gasteiger partial charge on any atom is 0.0690 e. The van der Waals surface area contributed by atoms with Crippen LogP contribution in [-0.2, 0) is 0 Å². The van der Waals surface area contributed by atoms with Crippen molar-refractivity contribution in [1.82, 2.24) is 5.32 Å². The lowest BCUT2D eigenvalue weighted by Gasteiger charge is -2.18. The summed E-state index contributed by atoms with van der Waals surface area (Å²) in [6.07, 6.45) is 1.64. The van der Waals surface area contributed by atoms with Gasteiger partial charge < -0.3 is 10.4 Å². The van der Waals surface area contributed by atoms with Gasteiger partial charge in [0.25, 0.3) is 0 Å². The Morgan fingerprint density at radius 1 is 1.33 bits per heavy atom. The Balaban J connectivity index is 3.50. The van der Waals surface area contributed by atoms with Gasteiger partial charge in [-0.25, -0.2) is 0 Å². The van der Waals surface area contributed by atoms with E-state index in [2.05, 4.69) is 12.2 Å². The summed E-state index contributed by atoms with van der Waals surface area (Å²) in [6, 6.07) is 0.273. The van der Waals surface area contributed by atoms with Crippen molar-refractivity contribution in [2.75, 3.05) is 7.05 Å². The lowest BCUT2D eigenvalue weighted by atomic mass is 10.1. The van der Waals surface area contributed by atoms with Gasteiger partial charge in [0.15, 0.2) is 0 Å². The minimum Gasteiger partial charge on any atom is -0.392 e. The molecule has 0 saturated heterocycles. The van der Waals surface area contributed by atoms with E-state index in [0.29, 0.717) is 0 Å². The minimum absolute atomic E-state index is 0.181. The second-order valence-corrected chi connectivity index (χ2v) is 2.28. The summed E-state index contributed by atoms with van der Waals surface area (Å²) in [6.45, 7) is 4.06. The summed E-state index contributed by atoms with van der Waals surface area (Å²) >= 11 is 0. The van der Waals surface area contributed by atoms with Crippen molar-refractivity contribution >= 4 is 0 Å². The molecule has 0 heterocycles. The van der Waals surface area contributed by atoms with Crippen molar-refractivity contribution in [3.63, 3.8) is 0 Å². The second kappa shape index (κ2) is 4.77. The molecular formula is C7H17NO. The van der Waals surface area contributed by atoms with Gasteiger partial charge in [0.2, 0.25) is 0 Å². The van der Waals surface area contributed by atoms with Crippen molar-refractivity contribution in [2.24, 2.45) is 0 Å². The van der Waals surface area contributed by atoms with Crippen molar-refractivity contribution in [1.29, 1.82) is 0 Å². The van der Waals surface area contributed by atoms with Crippen LogP contribution < -0.4 is 5.32 Å². The molecule has 0 aromatic rings. The highest BCUT2D eigenvalue weighted by Crippen LogP contribution is 2.00. The maximum atomic E-state index is 9.26. The van der Waals surface area contributed by atoms with Gasteiger partial charge in [0.1, 0.15) is 0 Å². The Labute approximate surface area is 57.3 Å². The third-order valence-corrected chi connectivity index (χ3v) is 1.69. The van der Waals surface area contributed by atoms with Gasteiger partial charge in [-0.1, -0.05) is 13.8 Å². The monoisotopic (exact) mass is 131 g/mol. The molecule has 0 aliphatic carbocycles. The summed E-state index contributed by atoms with van der Waals surface area (Å²) in [5, 5.41) is 12.3. The SMILES string of the molecule is CCC(O)[C@H](CC)NC. The maximum absolute atomic E-state index is 9.26. The first-order valence-corrected chi connectivity index (χ1v) is 3.61. The third-order valence-electron chi connectivity index (χ3n) is 1.69. The van der Waals surface area contributed by atoms with Crippen molar-refractivity contribution in [3.8, 4) is 0 Å². The van der Waals surface area contributed by atoms with Crippen LogP contribution in [0.5, 0.6) is 0 Å². The van der Waals surface area contributed by atoms with Gasteiger partial charge in [-0.15, -0.1) is 0 Å². The molecule has 0 radical (unpaired) electrons. The number of nitrogens with one attached hydrogen (secondary N) is 1. The van der Waals surface area contributed by atoms with Crippen molar-refractivity contribution in [2.45, 2.75) is 38.8 Å². The first-order valence-electron chi connectivity index (χ1n) is 3.61. The van der Waals surface area contributed by atoms with E-state index in [0.717, 1.165) is 12.8 Å². The lowest BCUT2D eigenvalue weighted by molar-refractivity contribution is 0.125. The highest BCUT2D eigenvalue weighted by molar-refractivity contribution is 4.70. The van der Waals surface area contributed by atoms with E-state index in [4.69, 9.17) is 0 Å². The lowest BCUT2D eigenvalue weighted by Crippen LogP contribution is -2.36. The predicted octanol–water partition coefficient (Wildman–Crippen LogP) is 0.755. The molecule has 2 nitrogen and oxygen atoms in total. The molecular weight excluding hydrogens is 114 g/mol. The summed E-state index contributed by atoms with van der Waals surface area (Å²) in [5.41, 5.74) is 0.